The number of ether oxygens (including phenoxy) is 1. The molecule has 1 aromatic rings. The lowest BCUT2D eigenvalue weighted by Crippen LogP contribution is -2.46. The van der Waals surface area contributed by atoms with Gasteiger partial charge in [-0.2, -0.15) is 4.31 Å². The van der Waals surface area contributed by atoms with Crippen molar-refractivity contribution in [2.75, 3.05) is 37.1 Å². The molecule has 2 aliphatic heterocycles. The molecule has 2 unspecified atom stereocenters. The number of hydrogen-bond acceptors (Lipinski definition) is 6. The van der Waals surface area contributed by atoms with Gasteiger partial charge in [0.15, 0.2) is 0 Å². The van der Waals surface area contributed by atoms with Crippen molar-refractivity contribution < 1.29 is 22.7 Å². The molecule has 172 valence electrons. The van der Waals surface area contributed by atoms with Crippen LogP contribution in [0.4, 0.5) is 5.69 Å². The van der Waals surface area contributed by atoms with E-state index in [1.54, 1.807) is 17.0 Å². The van der Waals surface area contributed by atoms with Gasteiger partial charge in [-0.15, -0.1) is 11.8 Å². The number of carbonyl (C=O) groups is 2. The van der Waals surface area contributed by atoms with Gasteiger partial charge in [-0.1, -0.05) is 20.3 Å². The van der Waals surface area contributed by atoms with Crippen molar-refractivity contribution in [2.45, 2.75) is 50.5 Å². The Morgan fingerprint density at radius 2 is 1.97 bits per heavy atom. The summed E-state index contributed by atoms with van der Waals surface area (Å²) in [5, 5.41) is 2.81. The van der Waals surface area contributed by atoms with Crippen molar-refractivity contribution in [3.05, 3.63) is 18.2 Å². The number of nitrogens with one attached hydrogen (secondary N) is 1. The van der Waals surface area contributed by atoms with Gasteiger partial charge in [0.1, 0.15) is 16.7 Å². The molecular weight excluding hydrogens is 438 g/mol. The van der Waals surface area contributed by atoms with Crippen LogP contribution in [0.2, 0.25) is 0 Å². The maximum absolute atomic E-state index is 13.2. The van der Waals surface area contributed by atoms with E-state index in [2.05, 4.69) is 5.32 Å². The molecule has 2 atom stereocenters. The normalized spacial score (nSPS) is 21.0. The van der Waals surface area contributed by atoms with Crippen LogP contribution in [-0.4, -0.2) is 67.3 Å². The summed E-state index contributed by atoms with van der Waals surface area (Å²) < 4.78 is 33.1. The maximum Gasteiger partial charge on any atom is 0.248 e. The summed E-state index contributed by atoms with van der Waals surface area (Å²) in [5.74, 6) is 0.760. The van der Waals surface area contributed by atoms with Crippen LogP contribution in [0.5, 0.6) is 5.75 Å². The minimum absolute atomic E-state index is 0.0317. The standard InChI is InChI=1S/C21H31N3O5S2/c1-4-15(2)21(26)24-14-30-13-17(24)20(25)22-16-8-9-18(29-3)19(12-16)31(27,28)23-10-6-5-7-11-23/h8-9,12,15,17H,4-7,10-11,13-14H2,1-3H3,(H,22,25). The predicted molar refractivity (Wildman–Crippen MR) is 122 cm³/mol. The minimum Gasteiger partial charge on any atom is -0.495 e. The first-order valence-corrected chi connectivity index (χ1v) is 13.3. The first-order valence-electron chi connectivity index (χ1n) is 10.7. The molecule has 2 saturated heterocycles. The molecular formula is C21H31N3O5S2. The molecule has 0 radical (unpaired) electrons. The third-order valence-electron chi connectivity index (χ3n) is 5.87. The molecule has 31 heavy (non-hydrogen) atoms. The van der Waals surface area contributed by atoms with E-state index in [4.69, 9.17) is 4.74 Å². The SMILES string of the molecule is CCC(C)C(=O)N1CSCC1C(=O)Nc1ccc(OC)c(S(=O)(=O)N2CCCCC2)c1. The Morgan fingerprint density at radius 1 is 1.26 bits per heavy atom. The predicted octanol–water partition coefficient (Wildman–Crippen LogP) is 2.76. The Kier molecular flexibility index (Phi) is 7.87. The summed E-state index contributed by atoms with van der Waals surface area (Å²) in [7, 11) is -2.31. The lowest BCUT2D eigenvalue weighted by molar-refractivity contribution is -0.139. The van der Waals surface area contributed by atoms with E-state index < -0.39 is 16.1 Å². The van der Waals surface area contributed by atoms with Crippen LogP contribution in [-0.2, 0) is 19.6 Å². The summed E-state index contributed by atoms with van der Waals surface area (Å²) in [6.07, 6.45) is 3.39. The van der Waals surface area contributed by atoms with Crippen molar-refractivity contribution in [1.29, 1.82) is 0 Å². The van der Waals surface area contributed by atoms with Crippen LogP contribution >= 0.6 is 11.8 Å². The van der Waals surface area contributed by atoms with Gasteiger partial charge < -0.3 is 15.0 Å². The lowest BCUT2D eigenvalue weighted by atomic mass is 10.1. The highest BCUT2D eigenvalue weighted by Crippen LogP contribution is 2.32. The van der Waals surface area contributed by atoms with Crippen molar-refractivity contribution in [3.8, 4) is 5.75 Å². The number of nitrogens with zero attached hydrogens (tertiary/aromatic N) is 2. The molecule has 3 rings (SSSR count). The lowest BCUT2D eigenvalue weighted by Gasteiger charge is -2.27. The molecule has 8 nitrogen and oxygen atoms in total. The molecule has 0 aromatic heterocycles. The zero-order valence-corrected chi connectivity index (χ0v) is 19.9. The summed E-state index contributed by atoms with van der Waals surface area (Å²) >= 11 is 1.54. The summed E-state index contributed by atoms with van der Waals surface area (Å²) in [4.78, 5) is 27.2. The highest BCUT2D eigenvalue weighted by Gasteiger charge is 2.36. The highest BCUT2D eigenvalue weighted by molar-refractivity contribution is 7.99. The fourth-order valence-corrected chi connectivity index (χ4v) is 6.62. The zero-order valence-electron chi connectivity index (χ0n) is 18.3. The second-order valence-electron chi connectivity index (χ2n) is 7.95. The molecule has 2 amide bonds. The van der Waals surface area contributed by atoms with E-state index in [-0.39, 0.29) is 28.4 Å². The average Bonchev–Trinajstić information content (AvgIpc) is 3.28. The second-order valence-corrected chi connectivity index (χ2v) is 10.9. The maximum atomic E-state index is 13.2. The van der Waals surface area contributed by atoms with Gasteiger partial charge in [-0.3, -0.25) is 9.59 Å². The summed E-state index contributed by atoms with van der Waals surface area (Å²) in [6, 6.07) is 4.05. The van der Waals surface area contributed by atoms with E-state index in [0.717, 1.165) is 19.3 Å². The number of hydrogen-bond donors (Lipinski definition) is 1. The van der Waals surface area contributed by atoms with Gasteiger partial charge in [0.05, 0.1) is 13.0 Å². The summed E-state index contributed by atoms with van der Waals surface area (Å²) in [6.45, 7) is 4.77. The van der Waals surface area contributed by atoms with Crippen LogP contribution in [0.1, 0.15) is 39.5 Å². The van der Waals surface area contributed by atoms with E-state index in [0.29, 0.717) is 36.8 Å². The van der Waals surface area contributed by atoms with Gasteiger partial charge in [0, 0.05) is 30.4 Å². The first-order chi connectivity index (χ1) is 14.8. The number of carbonyl (C=O) groups excluding carboxylic acids is 2. The van der Waals surface area contributed by atoms with E-state index in [1.165, 1.54) is 29.2 Å². The van der Waals surface area contributed by atoms with Crippen LogP contribution in [0.3, 0.4) is 0 Å². The second kappa shape index (κ2) is 10.2. The Bertz CT molecular complexity index is 916. The van der Waals surface area contributed by atoms with Gasteiger partial charge in [0.2, 0.25) is 21.8 Å². The van der Waals surface area contributed by atoms with Crippen molar-refractivity contribution >= 4 is 39.3 Å². The van der Waals surface area contributed by atoms with Crippen LogP contribution in [0.15, 0.2) is 23.1 Å². The minimum atomic E-state index is -3.73. The molecule has 0 spiro atoms. The Hall–Kier alpha value is -1.78. The molecule has 10 heteroatoms. The zero-order chi connectivity index (χ0) is 22.6. The van der Waals surface area contributed by atoms with Crippen molar-refractivity contribution in [3.63, 3.8) is 0 Å². The monoisotopic (exact) mass is 469 g/mol. The molecule has 0 aliphatic carbocycles. The molecule has 0 saturated carbocycles. The van der Waals surface area contributed by atoms with Gasteiger partial charge in [0.25, 0.3) is 0 Å². The number of methoxy groups -OCH3 is 1. The first kappa shape index (κ1) is 23.9. The Morgan fingerprint density at radius 3 is 2.61 bits per heavy atom. The number of amides is 2. The van der Waals surface area contributed by atoms with Crippen LogP contribution in [0, 0.1) is 5.92 Å². The average molecular weight is 470 g/mol. The van der Waals surface area contributed by atoms with E-state index in [9.17, 15) is 18.0 Å². The topological polar surface area (TPSA) is 96.0 Å². The molecule has 2 heterocycles. The fourth-order valence-electron chi connectivity index (χ4n) is 3.76. The largest absolute Gasteiger partial charge is 0.495 e. The number of benzene rings is 1. The van der Waals surface area contributed by atoms with Gasteiger partial charge >= 0.3 is 0 Å². The smallest absolute Gasteiger partial charge is 0.248 e. The molecule has 2 aliphatic rings. The van der Waals surface area contributed by atoms with Crippen molar-refractivity contribution in [1.82, 2.24) is 9.21 Å². The number of piperidine rings is 1. The third-order valence-corrected chi connectivity index (χ3v) is 8.80. The van der Waals surface area contributed by atoms with Crippen LogP contribution in [0.25, 0.3) is 0 Å². The number of anilines is 1. The third kappa shape index (κ3) is 5.18. The van der Waals surface area contributed by atoms with E-state index in [1.807, 2.05) is 13.8 Å². The van der Waals surface area contributed by atoms with Gasteiger partial charge in [-0.25, -0.2) is 8.42 Å². The Labute approximate surface area is 188 Å². The molecule has 1 N–H and O–H groups in total. The van der Waals surface area contributed by atoms with Gasteiger partial charge in [-0.05, 0) is 37.5 Å². The number of rotatable bonds is 7. The van der Waals surface area contributed by atoms with Crippen LogP contribution < -0.4 is 10.1 Å². The number of sulfonamides is 1. The van der Waals surface area contributed by atoms with Crippen molar-refractivity contribution in [2.24, 2.45) is 5.92 Å². The number of thioether (sulfide) groups is 1. The summed E-state index contributed by atoms with van der Waals surface area (Å²) in [5.41, 5.74) is 0.370. The fraction of sp³-hybridized carbons (Fsp3) is 0.619. The quantitative estimate of drug-likeness (QED) is 0.660. The molecule has 1 aromatic carbocycles. The molecule has 0 bridgehead atoms. The van der Waals surface area contributed by atoms with E-state index >= 15 is 0 Å². The Balaban J connectivity index is 1.81. The highest BCUT2D eigenvalue weighted by atomic mass is 32.2. The molecule has 2 fully saturated rings.